The molecule has 0 bridgehead atoms. The molecule has 1 aliphatic rings. The van der Waals surface area contributed by atoms with Crippen LogP contribution in [0.4, 0.5) is 14.9 Å². The van der Waals surface area contributed by atoms with E-state index in [1.54, 1.807) is 13.2 Å². The Balaban J connectivity index is 1.43. The molecule has 8 nitrogen and oxygen atoms in total. The van der Waals surface area contributed by atoms with Crippen molar-refractivity contribution in [3.63, 3.8) is 0 Å². The molecule has 1 aliphatic heterocycles. The van der Waals surface area contributed by atoms with Crippen LogP contribution in [0.25, 0.3) is 17.0 Å². The molecule has 0 radical (unpaired) electrons. The summed E-state index contributed by atoms with van der Waals surface area (Å²) in [6, 6.07) is 18.9. The molecule has 1 saturated heterocycles. The summed E-state index contributed by atoms with van der Waals surface area (Å²) in [5, 5.41) is 3.01. The first kappa shape index (κ1) is 23.8. The summed E-state index contributed by atoms with van der Waals surface area (Å²) in [6.07, 6.45) is 3.29. The van der Waals surface area contributed by atoms with Gasteiger partial charge in [0.2, 0.25) is 0 Å². The van der Waals surface area contributed by atoms with Gasteiger partial charge in [-0.05, 0) is 48.5 Å². The van der Waals surface area contributed by atoms with E-state index >= 15 is 0 Å². The van der Waals surface area contributed by atoms with Crippen molar-refractivity contribution in [1.29, 1.82) is 0 Å². The summed E-state index contributed by atoms with van der Waals surface area (Å²) in [4.78, 5) is 39.1. The van der Waals surface area contributed by atoms with Gasteiger partial charge in [0.05, 0.1) is 19.3 Å². The summed E-state index contributed by atoms with van der Waals surface area (Å²) < 4.78 is 26.4. The number of carbonyl (C=O) groups excluding carboxylic acids is 3. The van der Waals surface area contributed by atoms with E-state index in [1.807, 2.05) is 53.2 Å². The molecule has 4 amide bonds. The first-order valence-electron chi connectivity index (χ1n) is 11.5. The Hall–Kier alpha value is -4.92. The largest absolute Gasteiger partial charge is 0.497 e. The number of rotatable bonds is 7. The van der Waals surface area contributed by atoms with Crippen molar-refractivity contribution in [2.75, 3.05) is 18.6 Å². The van der Waals surface area contributed by atoms with Crippen molar-refractivity contribution in [1.82, 2.24) is 9.88 Å². The summed E-state index contributed by atoms with van der Waals surface area (Å²) in [7, 11) is 1.59. The maximum absolute atomic E-state index is 13.4. The molecule has 1 aromatic heterocycles. The van der Waals surface area contributed by atoms with Gasteiger partial charge in [0, 0.05) is 28.7 Å². The van der Waals surface area contributed by atoms with Crippen LogP contribution in [0, 0.1) is 5.82 Å². The van der Waals surface area contributed by atoms with Crippen molar-refractivity contribution in [2.45, 2.75) is 6.54 Å². The lowest BCUT2D eigenvalue weighted by Crippen LogP contribution is -2.54. The highest BCUT2D eigenvalue weighted by Crippen LogP contribution is 2.27. The van der Waals surface area contributed by atoms with Gasteiger partial charge in [0.25, 0.3) is 11.8 Å². The lowest BCUT2D eigenvalue weighted by molar-refractivity contribution is -0.122. The van der Waals surface area contributed by atoms with Crippen LogP contribution < -0.4 is 19.7 Å². The van der Waals surface area contributed by atoms with Crippen molar-refractivity contribution in [2.24, 2.45) is 0 Å². The number of aromatic nitrogens is 1. The highest BCUT2D eigenvalue weighted by Gasteiger charge is 2.37. The number of hydrogen-bond acceptors (Lipinski definition) is 5. The lowest BCUT2D eigenvalue weighted by Gasteiger charge is -2.26. The highest BCUT2D eigenvalue weighted by molar-refractivity contribution is 6.39. The van der Waals surface area contributed by atoms with Gasteiger partial charge in [-0.1, -0.05) is 24.3 Å². The lowest BCUT2D eigenvalue weighted by atomic mass is 10.1. The molecule has 0 unspecified atom stereocenters. The third-order valence-electron chi connectivity index (χ3n) is 5.95. The predicted octanol–water partition coefficient (Wildman–Crippen LogP) is 4.53. The third-order valence-corrected chi connectivity index (χ3v) is 5.95. The smallest absolute Gasteiger partial charge is 0.335 e. The van der Waals surface area contributed by atoms with Crippen molar-refractivity contribution >= 4 is 40.5 Å². The number of barbiturate groups is 1. The van der Waals surface area contributed by atoms with E-state index in [9.17, 15) is 18.8 Å². The minimum absolute atomic E-state index is 0.152. The monoisotopic (exact) mass is 499 g/mol. The van der Waals surface area contributed by atoms with Gasteiger partial charge >= 0.3 is 6.03 Å². The Morgan fingerprint density at radius 1 is 0.946 bits per heavy atom. The summed E-state index contributed by atoms with van der Waals surface area (Å²) >= 11 is 0. The molecular weight excluding hydrogens is 477 g/mol. The number of carbonyl (C=O) groups is 3. The number of nitrogens with zero attached hydrogens (tertiary/aromatic N) is 2. The van der Waals surface area contributed by atoms with Crippen LogP contribution in [0.1, 0.15) is 5.56 Å². The molecule has 0 aliphatic carbocycles. The Bertz CT molecular complexity index is 1540. The van der Waals surface area contributed by atoms with Gasteiger partial charge in [-0.15, -0.1) is 0 Å². The minimum Gasteiger partial charge on any atom is -0.497 e. The minimum atomic E-state index is -0.893. The van der Waals surface area contributed by atoms with Crippen LogP contribution in [-0.2, 0) is 16.1 Å². The summed E-state index contributed by atoms with van der Waals surface area (Å²) in [5.41, 5.74) is 1.46. The number of para-hydroxylation sites is 1. The molecule has 5 rings (SSSR count). The first-order chi connectivity index (χ1) is 17.9. The number of ether oxygens (including phenoxy) is 2. The summed E-state index contributed by atoms with van der Waals surface area (Å²) in [6.45, 7) is 0.870. The van der Waals surface area contributed by atoms with Crippen LogP contribution in [0.2, 0.25) is 0 Å². The number of halogens is 1. The van der Waals surface area contributed by atoms with E-state index in [-0.39, 0.29) is 11.3 Å². The average Bonchev–Trinajstić information content (AvgIpc) is 3.25. The quantitative estimate of drug-likeness (QED) is 0.298. The number of methoxy groups -OCH3 is 1. The number of benzene rings is 3. The molecule has 3 aromatic carbocycles. The van der Waals surface area contributed by atoms with Gasteiger partial charge in [0.15, 0.2) is 0 Å². The standard InChI is InChI=1S/C28H22FN3O5/c1-36-21-5-4-6-22(16-21)37-14-13-31-17-18(23-7-2-3-8-25(23)31)15-24-26(33)30-28(35)32(27(24)34)20-11-9-19(29)10-12-20/h2-12,15-17H,13-14H2,1H3,(H,30,33,35). The molecule has 37 heavy (non-hydrogen) atoms. The molecule has 9 heteroatoms. The molecule has 186 valence electrons. The fourth-order valence-electron chi connectivity index (χ4n) is 4.17. The van der Waals surface area contributed by atoms with Crippen molar-refractivity contribution in [3.8, 4) is 11.5 Å². The topological polar surface area (TPSA) is 89.9 Å². The van der Waals surface area contributed by atoms with Crippen molar-refractivity contribution in [3.05, 3.63) is 95.9 Å². The molecule has 0 spiro atoms. The fraction of sp³-hybridized carbons (Fsp3) is 0.107. The van der Waals surface area contributed by atoms with E-state index in [0.717, 1.165) is 27.9 Å². The van der Waals surface area contributed by atoms with E-state index in [1.165, 1.54) is 18.2 Å². The Morgan fingerprint density at radius 2 is 1.70 bits per heavy atom. The zero-order valence-electron chi connectivity index (χ0n) is 19.8. The Labute approximate surface area is 211 Å². The zero-order chi connectivity index (χ0) is 25.9. The van der Waals surface area contributed by atoms with Crippen LogP contribution in [0.15, 0.2) is 84.6 Å². The number of urea groups is 1. The van der Waals surface area contributed by atoms with Crippen LogP contribution in [0.3, 0.4) is 0 Å². The van der Waals surface area contributed by atoms with Crippen LogP contribution in [-0.4, -0.2) is 36.1 Å². The molecule has 0 atom stereocenters. The Morgan fingerprint density at radius 3 is 2.49 bits per heavy atom. The molecular formula is C28H22FN3O5. The van der Waals surface area contributed by atoms with Crippen molar-refractivity contribution < 1.29 is 28.2 Å². The predicted molar refractivity (Wildman–Crippen MR) is 136 cm³/mol. The molecule has 1 fully saturated rings. The van der Waals surface area contributed by atoms with E-state index in [4.69, 9.17) is 9.47 Å². The van der Waals surface area contributed by atoms with E-state index < -0.39 is 23.7 Å². The van der Waals surface area contributed by atoms with Crippen LogP contribution in [0.5, 0.6) is 11.5 Å². The zero-order valence-corrected chi connectivity index (χ0v) is 19.8. The second-order valence-electron chi connectivity index (χ2n) is 8.26. The maximum Gasteiger partial charge on any atom is 0.335 e. The molecule has 2 heterocycles. The summed E-state index contributed by atoms with van der Waals surface area (Å²) in [5.74, 6) is -0.733. The van der Waals surface area contributed by atoms with Crippen LogP contribution >= 0.6 is 0 Å². The SMILES string of the molecule is COc1cccc(OCCn2cc(C=C3C(=O)NC(=O)N(c4ccc(F)cc4)C3=O)c3ccccc32)c1. The van der Waals surface area contributed by atoms with Gasteiger partial charge in [-0.25, -0.2) is 14.1 Å². The van der Waals surface area contributed by atoms with Gasteiger partial charge < -0.3 is 14.0 Å². The first-order valence-corrected chi connectivity index (χ1v) is 11.5. The molecule has 0 saturated carbocycles. The second kappa shape index (κ2) is 9.98. The second-order valence-corrected chi connectivity index (χ2v) is 8.26. The normalized spacial score (nSPS) is 14.8. The Kier molecular flexibility index (Phi) is 6.42. The van der Waals surface area contributed by atoms with Gasteiger partial charge in [0.1, 0.15) is 29.5 Å². The number of fused-ring (bicyclic) bond motifs is 1. The number of anilines is 1. The average molecular weight is 499 g/mol. The number of hydrogen-bond donors (Lipinski definition) is 1. The maximum atomic E-state index is 13.4. The highest BCUT2D eigenvalue weighted by atomic mass is 19.1. The number of amides is 4. The third kappa shape index (κ3) is 4.79. The van der Waals surface area contributed by atoms with E-state index in [0.29, 0.717) is 30.2 Å². The van der Waals surface area contributed by atoms with E-state index in [2.05, 4.69) is 5.32 Å². The van der Waals surface area contributed by atoms with Gasteiger partial charge in [-0.2, -0.15) is 0 Å². The number of nitrogens with one attached hydrogen (secondary N) is 1. The number of imide groups is 2. The fourth-order valence-corrected chi connectivity index (χ4v) is 4.17. The molecule has 1 N–H and O–H groups in total. The van der Waals surface area contributed by atoms with Gasteiger partial charge in [-0.3, -0.25) is 14.9 Å². The molecule has 4 aromatic rings.